The van der Waals surface area contributed by atoms with E-state index in [1.54, 1.807) is 38.6 Å². The Morgan fingerprint density at radius 2 is 1.97 bits per heavy atom. The lowest BCUT2D eigenvalue weighted by atomic mass is 10.2. The Morgan fingerprint density at radius 3 is 2.72 bits per heavy atom. The van der Waals surface area contributed by atoms with Gasteiger partial charge in [0.1, 0.15) is 5.75 Å². The highest BCUT2D eigenvalue weighted by Crippen LogP contribution is 2.23. The van der Waals surface area contributed by atoms with Crippen LogP contribution < -0.4 is 15.4 Å². The van der Waals surface area contributed by atoms with Gasteiger partial charge < -0.3 is 24.8 Å². The molecule has 0 aliphatic heterocycles. The van der Waals surface area contributed by atoms with Crippen LogP contribution in [0.15, 0.2) is 48.8 Å². The number of nitrogens with one attached hydrogen (secondary N) is 2. The molecular formula is C21H25N5O3. The van der Waals surface area contributed by atoms with Crippen LogP contribution in [0.1, 0.15) is 17.3 Å². The second-order valence-electron chi connectivity index (χ2n) is 6.65. The maximum atomic E-state index is 12.2. The monoisotopic (exact) mass is 395 g/mol. The molecule has 0 fully saturated rings. The molecule has 0 saturated heterocycles. The zero-order chi connectivity index (χ0) is 20.8. The van der Waals surface area contributed by atoms with Gasteiger partial charge in [-0.05, 0) is 37.3 Å². The fourth-order valence-electron chi connectivity index (χ4n) is 2.94. The summed E-state index contributed by atoms with van der Waals surface area (Å²) in [6, 6.07) is 12.4. The van der Waals surface area contributed by atoms with E-state index in [-0.39, 0.29) is 11.9 Å². The molecule has 0 unspecified atom stereocenters. The second-order valence-corrected chi connectivity index (χ2v) is 6.65. The predicted molar refractivity (Wildman–Crippen MR) is 112 cm³/mol. The van der Waals surface area contributed by atoms with Gasteiger partial charge in [-0.2, -0.15) is 0 Å². The van der Waals surface area contributed by atoms with E-state index in [1.807, 2.05) is 35.8 Å². The minimum absolute atomic E-state index is 0.0629. The smallest absolute Gasteiger partial charge is 0.319 e. The van der Waals surface area contributed by atoms with Gasteiger partial charge in [0.05, 0.1) is 29.7 Å². The molecule has 8 nitrogen and oxygen atoms in total. The van der Waals surface area contributed by atoms with E-state index in [4.69, 9.17) is 4.74 Å². The number of carbonyl (C=O) groups excluding carboxylic acids is 2. The third kappa shape index (κ3) is 4.84. The van der Waals surface area contributed by atoms with Crippen molar-refractivity contribution >= 4 is 28.7 Å². The SMILES string of the molecule is CCOc1ccccc1NC(=O)NCCn1cnc2cc(C(=O)N(C)C)ccc21. The molecule has 3 rings (SSSR count). The van der Waals surface area contributed by atoms with Gasteiger partial charge in [0.2, 0.25) is 0 Å². The molecule has 29 heavy (non-hydrogen) atoms. The molecule has 0 aliphatic rings. The van der Waals surface area contributed by atoms with Gasteiger partial charge in [0.15, 0.2) is 0 Å². The largest absolute Gasteiger partial charge is 0.492 e. The molecule has 0 aliphatic carbocycles. The van der Waals surface area contributed by atoms with Gasteiger partial charge in [0.25, 0.3) is 5.91 Å². The standard InChI is InChI=1S/C21H25N5O3/c1-4-29-19-8-6-5-7-16(19)24-21(28)22-11-12-26-14-23-17-13-15(9-10-18(17)26)20(27)25(2)3/h5-10,13-14H,4,11-12H2,1-3H3,(H2,22,24,28). The number of ether oxygens (including phenoxy) is 1. The van der Waals surface area contributed by atoms with Crippen LogP contribution in [0.25, 0.3) is 11.0 Å². The Morgan fingerprint density at radius 1 is 1.17 bits per heavy atom. The average Bonchev–Trinajstić information content (AvgIpc) is 3.11. The number of hydrogen-bond donors (Lipinski definition) is 2. The summed E-state index contributed by atoms with van der Waals surface area (Å²) in [5.74, 6) is 0.570. The van der Waals surface area contributed by atoms with Gasteiger partial charge >= 0.3 is 6.03 Å². The Labute approximate surface area is 169 Å². The lowest BCUT2D eigenvalue weighted by molar-refractivity contribution is 0.0827. The van der Waals surface area contributed by atoms with Crippen LogP contribution in [-0.4, -0.2) is 53.6 Å². The minimum atomic E-state index is -0.305. The van der Waals surface area contributed by atoms with Crippen LogP contribution in [0, 0.1) is 0 Å². The number of imidazole rings is 1. The van der Waals surface area contributed by atoms with E-state index in [2.05, 4.69) is 15.6 Å². The zero-order valence-electron chi connectivity index (χ0n) is 16.8. The van der Waals surface area contributed by atoms with Crippen molar-refractivity contribution in [2.24, 2.45) is 0 Å². The fourth-order valence-corrected chi connectivity index (χ4v) is 2.94. The number of benzene rings is 2. The van der Waals surface area contributed by atoms with E-state index in [0.29, 0.717) is 36.7 Å². The quantitative estimate of drug-likeness (QED) is 0.644. The second kappa shape index (κ2) is 9.09. The number of carbonyl (C=O) groups is 2. The van der Waals surface area contributed by atoms with Crippen molar-refractivity contribution in [2.75, 3.05) is 32.6 Å². The van der Waals surface area contributed by atoms with Crippen LogP contribution in [-0.2, 0) is 6.54 Å². The van der Waals surface area contributed by atoms with Crippen molar-refractivity contribution < 1.29 is 14.3 Å². The average molecular weight is 395 g/mol. The van der Waals surface area contributed by atoms with Gasteiger partial charge in [-0.1, -0.05) is 12.1 Å². The summed E-state index contributed by atoms with van der Waals surface area (Å²) >= 11 is 0. The summed E-state index contributed by atoms with van der Waals surface area (Å²) in [6.07, 6.45) is 1.71. The number of rotatable bonds is 7. The van der Waals surface area contributed by atoms with Crippen LogP contribution in [0.2, 0.25) is 0 Å². The highest BCUT2D eigenvalue weighted by Gasteiger charge is 2.11. The Bertz CT molecular complexity index is 1010. The molecule has 1 heterocycles. The summed E-state index contributed by atoms with van der Waals surface area (Å²) in [6.45, 7) is 3.39. The molecule has 8 heteroatoms. The first-order valence-electron chi connectivity index (χ1n) is 9.42. The first-order valence-corrected chi connectivity index (χ1v) is 9.42. The molecule has 2 aromatic carbocycles. The van der Waals surface area contributed by atoms with Crippen LogP contribution >= 0.6 is 0 Å². The topological polar surface area (TPSA) is 88.5 Å². The third-order valence-electron chi connectivity index (χ3n) is 4.35. The number of nitrogens with zero attached hydrogens (tertiary/aromatic N) is 3. The van der Waals surface area contributed by atoms with Crippen LogP contribution in [0.5, 0.6) is 5.75 Å². The molecule has 0 saturated carbocycles. The van der Waals surface area contributed by atoms with Gasteiger partial charge in [-0.25, -0.2) is 9.78 Å². The molecule has 3 aromatic rings. The first-order chi connectivity index (χ1) is 14.0. The molecule has 0 bridgehead atoms. The maximum absolute atomic E-state index is 12.2. The minimum Gasteiger partial charge on any atom is -0.492 e. The van der Waals surface area contributed by atoms with Gasteiger partial charge in [0, 0.05) is 32.7 Å². The van der Waals surface area contributed by atoms with E-state index >= 15 is 0 Å². The van der Waals surface area contributed by atoms with Crippen molar-refractivity contribution in [1.29, 1.82) is 0 Å². The lowest BCUT2D eigenvalue weighted by Crippen LogP contribution is -2.31. The fraction of sp³-hybridized carbons (Fsp3) is 0.286. The normalized spacial score (nSPS) is 10.6. The third-order valence-corrected chi connectivity index (χ3v) is 4.35. The zero-order valence-corrected chi connectivity index (χ0v) is 16.8. The summed E-state index contributed by atoms with van der Waals surface area (Å²) in [7, 11) is 3.43. The molecule has 0 spiro atoms. The number of aromatic nitrogens is 2. The van der Waals surface area contributed by atoms with E-state index in [1.165, 1.54) is 4.90 Å². The molecule has 2 N–H and O–H groups in total. The van der Waals surface area contributed by atoms with Gasteiger partial charge in [-0.15, -0.1) is 0 Å². The van der Waals surface area contributed by atoms with Crippen molar-refractivity contribution in [3.8, 4) is 5.75 Å². The Balaban J connectivity index is 1.58. The van der Waals surface area contributed by atoms with E-state index in [9.17, 15) is 9.59 Å². The van der Waals surface area contributed by atoms with Crippen molar-refractivity contribution in [1.82, 2.24) is 19.8 Å². The number of hydrogen-bond acceptors (Lipinski definition) is 4. The summed E-state index contributed by atoms with van der Waals surface area (Å²) in [4.78, 5) is 30.2. The number of anilines is 1. The van der Waals surface area contributed by atoms with Gasteiger partial charge in [-0.3, -0.25) is 4.79 Å². The first kappa shape index (κ1) is 20.2. The molecular weight excluding hydrogens is 370 g/mol. The molecule has 0 atom stereocenters. The van der Waals surface area contributed by atoms with E-state index < -0.39 is 0 Å². The molecule has 152 valence electrons. The van der Waals surface area contributed by atoms with E-state index in [0.717, 1.165) is 11.0 Å². The summed E-state index contributed by atoms with van der Waals surface area (Å²) in [5.41, 5.74) is 2.87. The van der Waals surface area contributed by atoms with Crippen LogP contribution in [0.4, 0.5) is 10.5 Å². The summed E-state index contributed by atoms with van der Waals surface area (Å²) < 4.78 is 7.45. The Hall–Kier alpha value is -3.55. The number of fused-ring (bicyclic) bond motifs is 1. The number of para-hydroxylation sites is 2. The van der Waals surface area contributed by atoms with Crippen molar-refractivity contribution in [3.05, 3.63) is 54.4 Å². The molecule has 0 radical (unpaired) electrons. The van der Waals surface area contributed by atoms with Crippen molar-refractivity contribution in [2.45, 2.75) is 13.5 Å². The Kier molecular flexibility index (Phi) is 6.33. The highest BCUT2D eigenvalue weighted by molar-refractivity contribution is 5.97. The number of urea groups is 1. The maximum Gasteiger partial charge on any atom is 0.319 e. The lowest BCUT2D eigenvalue weighted by Gasteiger charge is -2.12. The molecule has 1 aromatic heterocycles. The highest BCUT2D eigenvalue weighted by atomic mass is 16.5. The summed E-state index contributed by atoms with van der Waals surface area (Å²) in [5, 5.41) is 5.63. The number of amides is 3. The van der Waals surface area contributed by atoms with Crippen LogP contribution in [0.3, 0.4) is 0 Å². The molecule has 3 amide bonds. The van der Waals surface area contributed by atoms with Crippen molar-refractivity contribution in [3.63, 3.8) is 0 Å². The predicted octanol–water partition coefficient (Wildman–Crippen LogP) is 2.96.